The van der Waals surface area contributed by atoms with Crippen molar-refractivity contribution in [3.05, 3.63) is 93.6 Å². The number of benzene rings is 3. The molecule has 0 aliphatic carbocycles. The highest BCUT2D eigenvalue weighted by molar-refractivity contribution is 8.19. The van der Waals surface area contributed by atoms with Crippen LogP contribution in [0.3, 0.4) is 0 Å². The minimum atomic E-state index is -0.405. The quantitative estimate of drug-likeness (QED) is 0.396. The first-order valence-corrected chi connectivity index (χ1v) is 10.7. The molecule has 1 heterocycles. The Morgan fingerprint density at radius 1 is 1.00 bits per heavy atom. The Morgan fingerprint density at radius 3 is 2.41 bits per heavy atom. The van der Waals surface area contributed by atoms with E-state index >= 15 is 0 Å². The average Bonchev–Trinajstić information content (AvgIpc) is 3.07. The highest BCUT2D eigenvalue weighted by atomic mass is 35.5. The SMILES string of the molecule is COc1cc(/C=C2/SC(=O)N(c3ccc(Cl)cc3)C2=O)ccc1OCc1ccc(F)cc1. The molecule has 0 N–H and O–H groups in total. The molecule has 3 aromatic carbocycles. The van der Waals surface area contributed by atoms with E-state index in [1.54, 1.807) is 60.7 Å². The number of hydrogen-bond donors (Lipinski definition) is 0. The molecule has 3 aromatic rings. The van der Waals surface area contributed by atoms with E-state index in [1.165, 1.54) is 19.2 Å². The second kappa shape index (κ2) is 9.46. The van der Waals surface area contributed by atoms with Crippen molar-refractivity contribution in [3.63, 3.8) is 0 Å². The largest absolute Gasteiger partial charge is 0.493 e. The van der Waals surface area contributed by atoms with Gasteiger partial charge in [0.25, 0.3) is 11.1 Å². The van der Waals surface area contributed by atoms with Crippen molar-refractivity contribution in [2.45, 2.75) is 6.61 Å². The molecule has 1 saturated heterocycles. The summed E-state index contributed by atoms with van der Waals surface area (Å²) in [6.07, 6.45) is 1.63. The molecule has 32 heavy (non-hydrogen) atoms. The van der Waals surface area contributed by atoms with Crippen LogP contribution in [0.15, 0.2) is 71.6 Å². The zero-order chi connectivity index (χ0) is 22.7. The highest BCUT2D eigenvalue weighted by Gasteiger charge is 2.36. The van der Waals surface area contributed by atoms with Crippen molar-refractivity contribution in [3.8, 4) is 11.5 Å². The molecule has 5 nitrogen and oxygen atoms in total. The molecule has 8 heteroatoms. The number of methoxy groups -OCH3 is 1. The molecule has 0 aromatic heterocycles. The van der Waals surface area contributed by atoms with Gasteiger partial charge in [0.05, 0.1) is 17.7 Å². The summed E-state index contributed by atoms with van der Waals surface area (Å²) < 4.78 is 24.2. The Bertz CT molecular complexity index is 1200. The number of hydrogen-bond acceptors (Lipinski definition) is 5. The van der Waals surface area contributed by atoms with Crippen LogP contribution >= 0.6 is 23.4 Å². The van der Waals surface area contributed by atoms with Gasteiger partial charge >= 0.3 is 0 Å². The van der Waals surface area contributed by atoms with Crippen LogP contribution in [-0.4, -0.2) is 18.3 Å². The number of amides is 2. The van der Waals surface area contributed by atoms with Gasteiger partial charge in [0, 0.05) is 5.02 Å². The standard InChI is InChI=1S/C24H17ClFNO4S/c1-30-21-12-16(4-11-20(21)31-14-15-2-7-18(26)8-3-15)13-22-23(28)27(24(29)32-22)19-9-5-17(25)6-10-19/h2-13H,14H2,1H3/b22-13+. The molecule has 162 valence electrons. The lowest BCUT2D eigenvalue weighted by molar-refractivity contribution is -0.113. The maximum absolute atomic E-state index is 13.0. The lowest BCUT2D eigenvalue weighted by Gasteiger charge is -2.12. The van der Waals surface area contributed by atoms with E-state index in [4.69, 9.17) is 21.1 Å². The van der Waals surface area contributed by atoms with Gasteiger partial charge in [-0.05, 0) is 77.5 Å². The van der Waals surface area contributed by atoms with Gasteiger partial charge in [-0.25, -0.2) is 9.29 Å². The van der Waals surface area contributed by atoms with E-state index < -0.39 is 5.91 Å². The summed E-state index contributed by atoms with van der Waals surface area (Å²) >= 11 is 6.75. The summed E-state index contributed by atoms with van der Waals surface area (Å²) in [5, 5.41) is 0.139. The minimum Gasteiger partial charge on any atom is -0.493 e. The molecule has 0 atom stereocenters. The Balaban J connectivity index is 1.52. The van der Waals surface area contributed by atoms with E-state index in [1.807, 2.05) is 0 Å². The number of rotatable bonds is 6. The first kappa shape index (κ1) is 21.9. The lowest BCUT2D eigenvalue weighted by Crippen LogP contribution is -2.27. The highest BCUT2D eigenvalue weighted by Crippen LogP contribution is 2.37. The van der Waals surface area contributed by atoms with E-state index in [-0.39, 0.29) is 17.7 Å². The van der Waals surface area contributed by atoms with Crippen LogP contribution in [0.4, 0.5) is 14.9 Å². The Hall–Kier alpha value is -3.29. The zero-order valence-corrected chi connectivity index (χ0v) is 18.5. The number of carbonyl (C=O) groups excluding carboxylic acids is 2. The monoisotopic (exact) mass is 469 g/mol. The van der Waals surface area contributed by atoms with Gasteiger partial charge in [0.15, 0.2) is 11.5 Å². The summed E-state index contributed by atoms with van der Waals surface area (Å²) in [5.74, 6) is 0.259. The number of imide groups is 1. The number of ether oxygens (including phenoxy) is 2. The molecular formula is C24H17ClFNO4S. The van der Waals surface area contributed by atoms with Crippen molar-refractivity contribution in [1.82, 2.24) is 0 Å². The van der Waals surface area contributed by atoms with Gasteiger partial charge in [-0.3, -0.25) is 9.59 Å². The molecule has 1 aliphatic heterocycles. The van der Waals surface area contributed by atoms with E-state index in [9.17, 15) is 14.0 Å². The fourth-order valence-electron chi connectivity index (χ4n) is 3.07. The van der Waals surface area contributed by atoms with Gasteiger partial charge in [0.1, 0.15) is 12.4 Å². The second-order valence-corrected chi connectivity index (χ2v) is 8.25. The third kappa shape index (κ3) is 4.79. The number of thioether (sulfide) groups is 1. The Labute approximate surface area is 193 Å². The van der Waals surface area contributed by atoms with Crippen molar-refractivity contribution in [1.29, 1.82) is 0 Å². The third-order valence-electron chi connectivity index (χ3n) is 4.67. The molecule has 1 fully saturated rings. The summed E-state index contributed by atoms with van der Waals surface area (Å²) in [6, 6.07) is 17.7. The number of anilines is 1. The van der Waals surface area contributed by atoms with Crippen molar-refractivity contribution in [2.24, 2.45) is 0 Å². The van der Waals surface area contributed by atoms with Gasteiger partial charge < -0.3 is 9.47 Å². The van der Waals surface area contributed by atoms with Crippen LogP contribution in [0, 0.1) is 5.82 Å². The Morgan fingerprint density at radius 2 is 1.72 bits per heavy atom. The molecule has 0 radical (unpaired) electrons. The van der Waals surface area contributed by atoms with Crippen LogP contribution in [0.5, 0.6) is 11.5 Å². The fourth-order valence-corrected chi connectivity index (χ4v) is 4.03. The van der Waals surface area contributed by atoms with Crippen LogP contribution in [0.2, 0.25) is 5.02 Å². The lowest BCUT2D eigenvalue weighted by atomic mass is 10.1. The number of nitrogens with zero attached hydrogens (tertiary/aromatic N) is 1. The summed E-state index contributed by atoms with van der Waals surface area (Å²) in [5.41, 5.74) is 1.95. The molecular weight excluding hydrogens is 453 g/mol. The predicted molar refractivity (Wildman–Crippen MR) is 124 cm³/mol. The average molecular weight is 470 g/mol. The fraction of sp³-hybridized carbons (Fsp3) is 0.0833. The van der Waals surface area contributed by atoms with Crippen LogP contribution in [0.1, 0.15) is 11.1 Å². The van der Waals surface area contributed by atoms with Crippen LogP contribution in [0.25, 0.3) is 6.08 Å². The summed E-state index contributed by atoms with van der Waals surface area (Å²) in [6.45, 7) is 0.246. The minimum absolute atomic E-state index is 0.246. The molecule has 0 spiro atoms. The normalized spacial score (nSPS) is 14.8. The molecule has 4 rings (SSSR count). The molecule has 1 aliphatic rings. The zero-order valence-electron chi connectivity index (χ0n) is 16.9. The first-order valence-electron chi connectivity index (χ1n) is 9.53. The van der Waals surface area contributed by atoms with Crippen molar-refractivity contribution >= 4 is 46.3 Å². The predicted octanol–water partition coefficient (Wildman–Crippen LogP) is 6.31. The summed E-state index contributed by atoms with van der Waals surface area (Å²) in [7, 11) is 1.51. The van der Waals surface area contributed by atoms with E-state index in [0.717, 1.165) is 22.2 Å². The van der Waals surface area contributed by atoms with Crippen molar-refractivity contribution in [2.75, 3.05) is 12.0 Å². The maximum atomic E-state index is 13.0. The number of halogens is 2. The molecule has 0 unspecified atom stereocenters. The number of carbonyl (C=O) groups is 2. The topological polar surface area (TPSA) is 55.8 Å². The summed E-state index contributed by atoms with van der Waals surface area (Å²) in [4.78, 5) is 26.6. The van der Waals surface area contributed by atoms with E-state index in [2.05, 4.69) is 0 Å². The van der Waals surface area contributed by atoms with Crippen LogP contribution < -0.4 is 14.4 Å². The maximum Gasteiger partial charge on any atom is 0.298 e. The first-order chi connectivity index (χ1) is 15.4. The molecule has 0 bridgehead atoms. The van der Waals surface area contributed by atoms with E-state index in [0.29, 0.717) is 32.7 Å². The Kier molecular flexibility index (Phi) is 6.48. The van der Waals surface area contributed by atoms with Gasteiger partial charge in [-0.2, -0.15) is 0 Å². The van der Waals surface area contributed by atoms with Crippen molar-refractivity contribution < 1.29 is 23.5 Å². The van der Waals surface area contributed by atoms with Crippen LogP contribution in [-0.2, 0) is 11.4 Å². The smallest absolute Gasteiger partial charge is 0.298 e. The third-order valence-corrected chi connectivity index (χ3v) is 5.79. The van der Waals surface area contributed by atoms with Gasteiger partial charge in [-0.15, -0.1) is 0 Å². The molecule has 0 saturated carbocycles. The second-order valence-electron chi connectivity index (χ2n) is 6.82. The van der Waals surface area contributed by atoms with Gasteiger partial charge in [0.2, 0.25) is 0 Å². The van der Waals surface area contributed by atoms with Gasteiger partial charge in [-0.1, -0.05) is 29.8 Å². The molecule has 2 amide bonds.